The summed E-state index contributed by atoms with van der Waals surface area (Å²) in [5.74, 6) is -0.457. The lowest BCUT2D eigenvalue weighted by Gasteiger charge is -2.11. The maximum absolute atomic E-state index is 12.6. The number of benzene rings is 1. The molecule has 21 heavy (non-hydrogen) atoms. The van der Waals surface area contributed by atoms with Gasteiger partial charge >= 0.3 is 12.1 Å². The standard InChI is InChI=1S/C14H15ClF3NO2/c1-3-9(13(20)21-2)4-5-19-12-7-10(14(16,17)18)6-11(15)8-12/h4,6-8,19H,3,5H2,1-2H3/b9-4-. The number of methoxy groups -OCH3 is 1. The molecule has 0 saturated heterocycles. The predicted octanol–water partition coefficient (Wildman–Crippen LogP) is 4.28. The van der Waals surface area contributed by atoms with Crippen LogP contribution in [0.15, 0.2) is 29.8 Å². The molecule has 0 aliphatic heterocycles. The molecule has 0 heterocycles. The summed E-state index contributed by atoms with van der Waals surface area (Å²) in [6.07, 6.45) is -2.42. The fourth-order valence-corrected chi connectivity index (χ4v) is 1.89. The minimum atomic E-state index is -4.46. The minimum absolute atomic E-state index is 0.0139. The number of hydrogen-bond acceptors (Lipinski definition) is 3. The van der Waals surface area contributed by atoms with Crippen molar-refractivity contribution in [3.8, 4) is 0 Å². The third-order valence-electron chi connectivity index (χ3n) is 2.71. The van der Waals surface area contributed by atoms with Crippen molar-refractivity contribution in [3.63, 3.8) is 0 Å². The number of halogens is 4. The second-order valence-corrected chi connectivity index (χ2v) is 4.62. The summed E-state index contributed by atoms with van der Waals surface area (Å²) >= 11 is 5.67. The zero-order chi connectivity index (χ0) is 16.0. The predicted molar refractivity (Wildman–Crippen MR) is 75.3 cm³/mol. The Morgan fingerprint density at radius 2 is 2.05 bits per heavy atom. The van der Waals surface area contributed by atoms with E-state index >= 15 is 0 Å². The number of esters is 1. The highest BCUT2D eigenvalue weighted by atomic mass is 35.5. The molecule has 0 bridgehead atoms. The van der Waals surface area contributed by atoms with Gasteiger partial charge in [-0.3, -0.25) is 0 Å². The van der Waals surface area contributed by atoms with Crippen molar-refractivity contribution in [2.45, 2.75) is 19.5 Å². The Hall–Kier alpha value is -1.69. The number of alkyl halides is 3. The monoisotopic (exact) mass is 321 g/mol. The molecule has 0 aromatic heterocycles. The van der Waals surface area contributed by atoms with E-state index in [1.54, 1.807) is 13.0 Å². The van der Waals surface area contributed by atoms with E-state index in [4.69, 9.17) is 11.6 Å². The van der Waals surface area contributed by atoms with Crippen LogP contribution in [0.1, 0.15) is 18.9 Å². The van der Waals surface area contributed by atoms with Crippen molar-refractivity contribution in [2.75, 3.05) is 19.0 Å². The number of nitrogens with one attached hydrogen (secondary N) is 1. The first-order valence-electron chi connectivity index (χ1n) is 6.17. The van der Waals surface area contributed by atoms with Crippen molar-refractivity contribution < 1.29 is 22.7 Å². The summed E-state index contributed by atoms with van der Waals surface area (Å²) in [7, 11) is 1.27. The molecule has 1 rings (SSSR count). The molecule has 1 aromatic carbocycles. The van der Waals surface area contributed by atoms with Crippen LogP contribution in [0, 0.1) is 0 Å². The van der Waals surface area contributed by atoms with Gasteiger partial charge < -0.3 is 10.1 Å². The molecule has 0 aliphatic rings. The van der Waals surface area contributed by atoms with Gasteiger partial charge in [0.25, 0.3) is 0 Å². The molecular weight excluding hydrogens is 307 g/mol. The maximum atomic E-state index is 12.6. The van der Waals surface area contributed by atoms with Crippen LogP contribution in [0.3, 0.4) is 0 Å². The summed E-state index contributed by atoms with van der Waals surface area (Å²) < 4.78 is 42.5. The zero-order valence-electron chi connectivity index (χ0n) is 11.6. The van der Waals surface area contributed by atoms with Crippen LogP contribution in [0.5, 0.6) is 0 Å². The second-order valence-electron chi connectivity index (χ2n) is 4.18. The Kier molecular flexibility index (Phi) is 6.08. The van der Waals surface area contributed by atoms with Gasteiger partial charge in [0.15, 0.2) is 0 Å². The van der Waals surface area contributed by atoms with E-state index in [9.17, 15) is 18.0 Å². The molecule has 0 spiro atoms. The molecule has 116 valence electrons. The highest BCUT2D eigenvalue weighted by molar-refractivity contribution is 6.30. The first kappa shape index (κ1) is 17.4. The Bertz CT molecular complexity index is 542. The van der Waals surface area contributed by atoms with Gasteiger partial charge in [-0.1, -0.05) is 24.6 Å². The molecular formula is C14H15ClF3NO2. The fraction of sp³-hybridized carbons (Fsp3) is 0.357. The summed E-state index contributed by atoms with van der Waals surface area (Å²) in [6, 6.07) is 3.20. The average Bonchev–Trinajstić information content (AvgIpc) is 2.41. The number of rotatable bonds is 5. The van der Waals surface area contributed by atoms with Gasteiger partial charge in [0.1, 0.15) is 0 Å². The molecule has 0 aliphatic carbocycles. The first-order chi connectivity index (χ1) is 9.77. The molecule has 7 heteroatoms. The highest BCUT2D eigenvalue weighted by Crippen LogP contribution is 2.33. The first-order valence-corrected chi connectivity index (χ1v) is 6.54. The quantitative estimate of drug-likeness (QED) is 0.650. The zero-order valence-corrected chi connectivity index (χ0v) is 12.3. The number of carbonyl (C=O) groups is 1. The van der Waals surface area contributed by atoms with Crippen molar-refractivity contribution in [2.24, 2.45) is 0 Å². The van der Waals surface area contributed by atoms with E-state index in [1.165, 1.54) is 13.2 Å². The van der Waals surface area contributed by atoms with Crippen LogP contribution < -0.4 is 5.32 Å². The van der Waals surface area contributed by atoms with Crippen molar-refractivity contribution in [1.29, 1.82) is 0 Å². The molecule has 0 atom stereocenters. The van der Waals surface area contributed by atoms with Crippen molar-refractivity contribution in [1.82, 2.24) is 0 Å². The molecule has 1 N–H and O–H groups in total. The van der Waals surface area contributed by atoms with Crippen molar-refractivity contribution in [3.05, 3.63) is 40.4 Å². The topological polar surface area (TPSA) is 38.3 Å². The van der Waals surface area contributed by atoms with Crippen molar-refractivity contribution >= 4 is 23.3 Å². The smallest absolute Gasteiger partial charge is 0.416 e. The normalized spacial score (nSPS) is 12.2. The molecule has 0 radical (unpaired) electrons. The van der Waals surface area contributed by atoms with Crippen LogP contribution in [0.2, 0.25) is 5.02 Å². The van der Waals surface area contributed by atoms with E-state index in [2.05, 4.69) is 10.1 Å². The van der Waals surface area contributed by atoms with Crippen LogP contribution in [-0.4, -0.2) is 19.6 Å². The van der Waals surface area contributed by atoms with Gasteiger partial charge in [-0.25, -0.2) is 4.79 Å². The number of ether oxygens (including phenoxy) is 1. The SMILES string of the molecule is CC/C(=C/CNc1cc(Cl)cc(C(F)(F)F)c1)C(=O)OC. The van der Waals surface area contributed by atoms with E-state index < -0.39 is 17.7 Å². The van der Waals surface area contributed by atoms with Gasteiger partial charge in [-0.2, -0.15) is 13.2 Å². The molecule has 0 amide bonds. The average molecular weight is 322 g/mol. The van der Waals surface area contributed by atoms with Crippen LogP contribution in [-0.2, 0) is 15.7 Å². The van der Waals surface area contributed by atoms with E-state index in [1.807, 2.05) is 0 Å². The van der Waals surface area contributed by atoms with Crippen LogP contribution in [0.4, 0.5) is 18.9 Å². The third kappa shape index (κ3) is 5.30. The van der Waals surface area contributed by atoms with Gasteiger partial charge in [0.2, 0.25) is 0 Å². The number of anilines is 1. The Balaban J connectivity index is 2.83. The van der Waals surface area contributed by atoms with E-state index in [0.29, 0.717) is 12.0 Å². The lowest BCUT2D eigenvalue weighted by Crippen LogP contribution is -2.09. The Morgan fingerprint density at radius 1 is 1.38 bits per heavy atom. The summed E-state index contributed by atoms with van der Waals surface area (Å²) in [4.78, 5) is 11.3. The van der Waals surface area contributed by atoms with Gasteiger partial charge in [-0.05, 0) is 24.6 Å². The molecule has 0 unspecified atom stereocenters. The fourth-order valence-electron chi connectivity index (χ4n) is 1.65. The Morgan fingerprint density at radius 3 is 2.57 bits per heavy atom. The van der Waals surface area contributed by atoms with Gasteiger partial charge in [0, 0.05) is 22.8 Å². The number of carbonyl (C=O) groups excluding carboxylic acids is 1. The van der Waals surface area contributed by atoms with E-state index in [-0.39, 0.29) is 17.3 Å². The summed E-state index contributed by atoms with van der Waals surface area (Å²) in [5.41, 5.74) is -0.153. The molecule has 0 fully saturated rings. The lowest BCUT2D eigenvalue weighted by molar-refractivity contribution is -0.137. The maximum Gasteiger partial charge on any atom is 0.416 e. The lowest BCUT2D eigenvalue weighted by atomic mass is 10.1. The third-order valence-corrected chi connectivity index (χ3v) is 2.93. The van der Waals surface area contributed by atoms with Gasteiger partial charge in [-0.15, -0.1) is 0 Å². The molecule has 3 nitrogen and oxygen atoms in total. The van der Waals surface area contributed by atoms with E-state index in [0.717, 1.165) is 12.1 Å². The molecule has 0 saturated carbocycles. The van der Waals surface area contributed by atoms with Gasteiger partial charge in [0.05, 0.1) is 12.7 Å². The minimum Gasteiger partial charge on any atom is -0.466 e. The summed E-state index contributed by atoms with van der Waals surface area (Å²) in [6.45, 7) is 1.97. The Labute approximate surface area is 125 Å². The summed E-state index contributed by atoms with van der Waals surface area (Å²) in [5, 5.41) is 2.76. The van der Waals surface area contributed by atoms with Crippen LogP contribution >= 0.6 is 11.6 Å². The largest absolute Gasteiger partial charge is 0.466 e. The van der Waals surface area contributed by atoms with Crippen LogP contribution in [0.25, 0.3) is 0 Å². The number of hydrogen-bond donors (Lipinski definition) is 1. The highest BCUT2D eigenvalue weighted by Gasteiger charge is 2.31. The second kappa shape index (κ2) is 7.36. The molecule has 1 aromatic rings.